The number of amides is 1. The lowest BCUT2D eigenvalue weighted by Crippen LogP contribution is -2.21. The van der Waals surface area contributed by atoms with Gasteiger partial charge in [-0.25, -0.2) is 15.0 Å². The fourth-order valence-electron chi connectivity index (χ4n) is 5.10. The van der Waals surface area contributed by atoms with Crippen LogP contribution in [0.1, 0.15) is 19.2 Å². The largest absolute Gasteiger partial charge is 0.356 e. The predicted octanol–water partition coefficient (Wildman–Crippen LogP) is 6.39. The van der Waals surface area contributed by atoms with E-state index in [2.05, 4.69) is 79.9 Å². The summed E-state index contributed by atoms with van der Waals surface area (Å²) in [6.45, 7) is 2.17. The molecule has 1 amide bonds. The Balaban J connectivity index is 1.15. The highest BCUT2D eigenvalue weighted by Crippen LogP contribution is 2.29. The van der Waals surface area contributed by atoms with Crippen molar-refractivity contribution in [1.82, 2.24) is 35.2 Å². The first kappa shape index (κ1) is 23.8. The van der Waals surface area contributed by atoms with Crippen LogP contribution in [0.5, 0.6) is 0 Å². The van der Waals surface area contributed by atoms with Gasteiger partial charge in [0.1, 0.15) is 17.5 Å². The quantitative estimate of drug-likeness (QED) is 0.181. The second-order valence-electron chi connectivity index (χ2n) is 10.0. The molecule has 0 bridgehead atoms. The van der Waals surface area contributed by atoms with Gasteiger partial charge in [0.05, 0.1) is 33.1 Å². The number of fused-ring (bicyclic) bond motifs is 3. The third kappa shape index (κ3) is 4.60. The fraction of sp³-hybridized carbons (Fsp3) is 0.125. The zero-order valence-electron chi connectivity index (χ0n) is 22.0. The normalized spacial score (nSPS) is 11.5. The van der Waals surface area contributed by atoms with Gasteiger partial charge in [0.25, 0.3) is 0 Å². The Morgan fingerprint density at radius 1 is 0.650 bits per heavy atom. The van der Waals surface area contributed by atoms with E-state index >= 15 is 0 Å². The summed E-state index contributed by atoms with van der Waals surface area (Å²) in [5.74, 6) is 2.52. The van der Waals surface area contributed by atoms with Gasteiger partial charge in [0, 0.05) is 31.0 Å². The maximum Gasteiger partial charge on any atom is 0.216 e. The summed E-state index contributed by atoms with van der Waals surface area (Å²) in [5, 5.41) is 2.82. The number of hydrogen-bond acceptors (Lipinski definition) is 4. The lowest BCUT2D eigenvalue weighted by atomic mass is 10.1. The molecule has 3 heterocycles. The molecule has 0 aliphatic carbocycles. The van der Waals surface area contributed by atoms with Crippen LogP contribution in [0.15, 0.2) is 84.9 Å². The lowest BCUT2D eigenvalue weighted by molar-refractivity contribution is -0.118. The van der Waals surface area contributed by atoms with Gasteiger partial charge in [-0.05, 0) is 66.1 Å². The SMILES string of the molecule is CC(=O)NCCCc1nc2ccc(-c3nc4ccc(-c5nc6ccc(-c7ccccc7)cc6[nH]5)cc4[nH]3)cc2[nH]1. The Morgan fingerprint density at radius 2 is 1.20 bits per heavy atom. The van der Waals surface area contributed by atoms with Crippen LogP contribution < -0.4 is 5.32 Å². The van der Waals surface area contributed by atoms with Crippen molar-refractivity contribution in [2.75, 3.05) is 6.54 Å². The van der Waals surface area contributed by atoms with Crippen LogP contribution in [0.3, 0.4) is 0 Å². The number of rotatable bonds is 7. The molecular formula is C32H27N7O. The molecule has 4 aromatic carbocycles. The van der Waals surface area contributed by atoms with Gasteiger partial charge in [0.15, 0.2) is 0 Å². The smallest absolute Gasteiger partial charge is 0.216 e. The van der Waals surface area contributed by atoms with Crippen molar-refractivity contribution in [3.8, 4) is 33.9 Å². The minimum Gasteiger partial charge on any atom is -0.356 e. The molecule has 196 valence electrons. The lowest BCUT2D eigenvalue weighted by Gasteiger charge is -2.00. The summed E-state index contributed by atoms with van der Waals surface area (Å²) in [5.41, 5.74) is 9.96. The standard InChI is InChI=1S/C32H27N7O/c1-19(40)33-15-5-8-30-34-24-13-10-22(17-27(24)35-30)31-37-26-14-11-23(18-29(26)39-31)32-36-25-12-9-21(16-28(25)38-32)20-6-3-2-4-7-20/h2-4,6-7,9-14,16-18H,5,8,15H2,1H3,(H,33,40)(H,34,35)(H,36,38)(H,37,39). The van der Waals surface area contributed by atoms with Crippen molar-refractivity contribution in [1.29, 1.82) is 0 Å². The molecule has 7 rings (SSSR count). The molecule has 0 saturated heterocycles. The molecule has 40 heavy (non-hydrogen) atoms. The number of aryl methyl sites for hydroxylation is 1. The van der Waals surface area contributed by atoms with E-state index in [1.165, 1.54) is 12.5 Å². The van der Waals surface area contributed by atoms with Gasteiger partial charge in [-0.1, -0.05) is 36.4 Å². The summed E-state index contributed by atoms with van der Waals surface area (Å²) in [6.07, 6.45) is 1.60. The van der Waals surface area contributed by atoms with Crippen molar-refractivity contribution >= 4 is 39.0 Å². The average Bonchev–Trinajstić information content (AvgIpc) is 3.70. The van der Waals surface area contributed by atoms with Crippen molar-refractivity contribution in [3.05, 3.63) is 90.8 Å². The van der Waals surface area contributed by atoms with Gasteiger partial charge < -0.3 is 20.3 Å². The van der Waals surface area contributed by atoms with Crippen molar-refractivity contribution in [2.24, 2.45) is 0 Å². The van der Waals surface area contributed by atoms with Gasteiger partial charge >= 0.3 is 0 Å². The van der Waals surface area contributed by atoms with Crippen LogP contribution >= 0.6 is 0 Å². The number of imidazole rings is 3. The molecule has 3 aromatic heterocycles. The van der Waals surface area contributed by atoms with E-state index in [0.717, 1.165) is 80.1 Å². The third-order valence-electron chi connectivity index (χ3n) is 7.11. The van der Waals surface area contributed by atoms with Crippen LogP contribution in [-0.4, -0.2) is 42.4 Å². The Morgan fingerprint density at radius 3 is 1.82 bits per heavy atom. The average molecular weight is 526 g/mol. The maximum absolute atomic E-state index is 11.1. The first-order valence-corrected chi connectivity index (χ1v) is 13.4. The second-order valence-corrected chi connectivity index (χ2v) is 10.0. The number of nitrogens with one attached hydrogen (secondary N) is 4. The van der Waals surface area contributed by atoms with E-state index in [0.29, 0.717) is 6.54 Å². The van der Waals surface area contributed by atoms with E-state index in [4.69, 9.17) is 9.97 Å². The third-order valence-corrected chi connectivity index (χ3v) is 7.11. The molecule has 8 nitrogen and oxygen atoms in total. The molecule has 0 spiro atoms. The molecule has 0 atom stereocenters. The number of nitrogens with zero attached hydrogens (tertiary/aromatic N) is 3. The molecule has 0 radical (unpaired) electrons. The van der Waals surface area contributed by atoms with Crippen molar-refractivity contribution < 1.29 is 4.79 Å². The Bertz CT molecular complexity index is 2000. The number of carbonyl (C=O) groups excluding carboxylic acids is 1. The van der Waals surface area contributed by atoms with Crippen LogP contribution in [0.4, 0.5) is 0 Å². The number of aromatic nitrogens is 6. The van der Waals surface area contributed by atoms with Crippen LogP contribution in [0, 0.1) is 0 Å². The summed E-state index contributed by atoms with van der Waals surface area (Å²) in [7, 11) is 0. The molecule has 8 heteroatoms. The topological polar surface area (TPSA) is 115 Å². The van der Waals surface area contributed by atoms with E-state index in [9.17, 15) is 4.79 Å². The Hall–Kier alpha value is -5.24. The number of aromatic amines is 3. The highest BCUT2D eigenvalue weighted by atomic mass is 16.1. The zero-order valence-corrected chi connectivity index (χ0v) is 22.0. The Labute approximate surface area is 229 Å². The van der Waals surface area contributed by atoms with E-state index in [1.54, 1.807) is 0 Å². The molecular weight excluding hydrogens is 498 g/mol. The van der Waals surface area contributed by atoms with Crippen LogP contribution in [0.2, 0.25) is 0 Å². The van der Waals surface area contributed by atoms with E-state index in [-0.39, 0.29) is 5.91 Å². The zero-order chi connectivity index (χ0) is 27.1. The summed E-state index contributed by atoms with van der Waals surface area (Å²) >= 11 is 0. The molecule has 0 unspecified atom stereocenters. The van der Waals surface area contributed by atoms with Crippen molar-refractivity contribution in [3.63, 3.8) is 0 Å². The van der Waals surface area contributed by atoms with Gasteiger partial charge in [-0.3, -0.25) is 4.79 Å². The molecule has 0 fully saturated rings. The molecule has 0 aliphatic rings. The molecule has 4 N–H and O–H groups in total. The highest BCUT2D eigenvalue weighted by Gasteiger charge is 2.12. The van der Waals surface area contributed by atoms with Crippen molar-refractivity contribution in [2.45, 2.75) is 19.8 Å². The van der Waals surface area contributed by atoms with Gasteiger partial charge in [-0.2, -0.15) is 0 Å². The minimum atomic E-state index is -0.0118. The maximum atomic E-state index is 11.1. The number of H-pyrrole nitrogens is 3. The fourth-order valence-corrected chi connectivity index (χ4v) is 5.10. The number of carbonyl (C=O) groups is 1. The van der Waals surface area contributed by atoms with Crippen LogP contribution in [0.25, 0.3) is 67.0 Å². The second kappa shape index (κ2) is 9.81. The first-order valence-electron chi connectivity index (χ1n) is 13.4. The summed E-state index contributed by atoms with van der Waals surface area (Å²) in [6, 6.07) is 28.9. The van der Waals surface area contributed by atoms with Gasteiger partial charge in [0.2, 0.25) is 5.91 Å². The van der Waals surface area contributed by atoms with Crippen LogP contribution in [-0.2, 0) is 11.2 Å². The first-order chi connectivity index (χ1) is 19.6. The molecule has 7 aromatic rings. The van der Waals surface area contributed by atoms with Gasteiger partial charge in [-0.15, -0.1) is 0 Å². The molecule has 0 aliphatic heterocycles. The molecule has 0 saturated carbocycles. The Kier molecular flexibility index (Phi) is 5.85. The summed E-state index contributed by atoms with van der Waals surface area (Å²) in [4.78, 5) is 35.8. The van der Waals surface area contributed by atoms with E-state index in [1.807, 2.05) is 30.3 Å². The highest BCUT2D eigenvalue weighted by molar-refractivity contribution is 5.88. The summed E-state index contributed by atoms with van der Waals surface area (Å²) < 4.78 is 0. The number of benzene rings is 4. The monoisotopic (exact) mass is 525 g/mol. The minimum absolute atomic E-state index is 0.0118. The number of hydrogen-bond donors (Lipinski definition) is 4. The predicted molar refractivity (Wildman–Crippen MR) is 159 cm³/mol. The van der Waals surface area contributed by atoms with E-state index < -0.39 is 0 Å².